The number of hydrogen-bond acceptors (Lipinski definition) is 5. The van der Waals surface area contributed by atoms with Gasteiger partial charge in [0, 0.05) is 18.0 Å². The third-order valence-electron chi connectivity index (χ3n) is 2.84. The lowest BCUT2D eigenvalue weighted by Gasteiger charge is -2.12. The molecule has 0 aliphatic carbocycles. The van der Waals surface area contributed by atoms with E-state index in [0.29, 0.717) is 21.4 Å². The van der Waals surface area contributed by atoms with Crippen LogP contribution >= 0.6 is 23.2 Å². The number of nitrogens with zero attached hydrogens (tertiary/aromatic N) is 3. The van der Waals surface area contributed by atoms with Crippen LogP contribution in [0.3, 0.4) is 0 Å². The van der Waals surface area contributed by atoms with Gasteiger partial charge in [0.05, 0.1) is 15.7 Å². The fraction of sp³-hybridized carbons (Fsp3) is 0. The molecule has 0 aliphatic rings. The molecule has 0 unspecified atom stereocenters. The van der Waals surface area contributed by atoms with Gasteiger partial charge in [-0.15, -0.1) is 5.10 Å². The van der Waals surface area contributed by atoms with Crippen molar-refractivity contribution in [2.75, 3.05) is 11.1 Å². The first-order valence-electron chi connectivity index (χ1n) is 6.16. The second-order valence-corrected chi connectivity index (χ2v) is 5.18. The number of aromatic nitrogens is 4. The first-order valence-corrected chi connectivity index (χ1v) is 6.92. The average Bonchev–Trinajstić information content (AvgIpc) is 2.85. The number of anilines is 3. The van der Waals surface area contributed by atoms with Gasteiger partial charge in [0.15, 0.2) is 0 Å². The van der Waals surface area contributed by atoms with Crippen molar-refractivity contribution in [3.8, 4) is 5.69 Å². The van der Waals surface area contributed by atoms with Crippen LogP contribution in [0.2, 0.25) is 10.0 Å². The van der Waals surface area contributed by atoms with Crippen molar-refractivity contribution in [3.63, 3.8) is 0 Å². The highest BCUT2D eigenvalue weighted by Crippen LogP contribution is 2.32. The molecular formula is C13H10Cl2N6O. The van der Waals surface area contributed by atoms with Gasteiger partial charge in [0.2, 0.25) is 11.9 Å². The Balaban J connectivity index is 2.02. The second kappa shape index (κ2) is 5.70. The van der Waals surface area contributed by atoms with Gasteiger partial charge in [-0.3, -0.25) is 9.36 Å². The highest BCUT2D eigenvalue weighted by molar-refractivity contribution is 6.38. The quantitative estimate of drug-likeness (QED) is 0.682. The molecule has 0 fully saturated rings. The van der Waals surface area contributed by atoms with Crippen molar-refractivity contribution in [1.29, 1.82) is 0 Å². The molecule has 2 aromatic heterocycles. The largest absolute Gasteiger partial charge is 0.368 e. The zero-order chi connectivity index (χ0) is 15.7. The van der Waals surface area contributed by atoms with Gasteiger partial charge in [0.1, 0.15) is 0 Å². The summed E-state index contributed by atoms with van der Waals surface area (Å²) in [4.78, 5) is 15.8. The Morgan fingerprint density at radius 1 is 1.23 bits per heavy atom. The first-order chi connectivity index (χ1) is 10.5. The van der Waals surface area contributed by atoms with Crippen molar-refractivity contribution in [1.82, 2.24) is 19.7 Å². The maximum Gasteiger partial charge on any atom is 0.255 e. The first kappa shape index (κ1) is 14.4. The molecule has 1 aromatic carbocycles. The lowest BCUT2D eigenvalue weighted by atomic mass is 10.2. The molecule has 3 aromatic rings. The number of hydrogen-bond donors (Lipinski definition) is 3. The number of rotatable bonds is 3. The van der Waals surface area contributed by atoms with Crippen molar-refractivity contribution >= 4 is 40.8 Å². The van der Waals surface area contributed by atoms with Crippen molar-refractivity contribution in [2.24, 2.45) is 0 Å². The predicted molar refractivity (Wildman–Crippen MR) is 86.1 cm³/mol. The van der Waals surface area contributed by atoms with Crippen LogP contribution < -0.4 is 16.6 Å². The van der Waals surface area contributed by atoms with Crippen LogP contribution in [0.5, 0.6) is 0 Å². The fourth-order valence-corrected chi connectivity index (χ4v) is 2.61. The normalized spacial score (nSPS) is 10.6. The van der Waals surface area contributed by atoms with E-state index in [1.165, 1.54) is 10.6 Å². The Labute approximate surface area is 134 Å². The molecule has 9 heteroatoms. The van der Waals surface area contributed by atoms with Crippen LogP contribution in [-0.2, 0) is 0 Å². The smallest absolute Gasteiger partial charge is 0.255 e. The summed E-state index contributed by atoms with van der Waals surface area (Å²) in [6.45, 7) is 0. The Morgan fingerprint density at radius 2 is 1.95 bits per heavy atom. The van der Waals surface area contributed by atoms with Gasteiger partial charge in [0.25, 0.3) is 5.56 Å². The molecule has 0 saturated heterocycles. The van der Waals surface area contributed by atoms with Crippen molar-refractivity contribution < 1.29 is 0 Å². The van der Waals surface area contributed by atoms with Gasteiger partial charge >= 0.3 is 0 Å². The third kappa shape index (κ3) is 2.76. The maximum absolute atomic E-state index is 11.9. The molecule has 0 atom stereocenters. The lowest BCUT2D eigenvalue weighted by Crippen LogP contribution is -2.16. The number of nitrogen functional groups attached to an aromatic ring is 1. The summed E-state index contributed by atoms with van der Waals surface area (Å²) in [5.41, 5.74) is 6.20. The zero-order valence-electron chi connectivity index (χ0n) is 11.0. The molecule has 112 valence electrons. The lowest BCUT2D eigenvalue weighted by molar-refractivity contribution is 0.991. The summed E-state index contributed by atoms with van der Waals surface area (Å²) in [5, 5.41) is 9.89. The highest BCUT2D eigenvalue weighted by atomic mass is 35.5. The summed E-state index contributed by atoms with van der Waals surface area (Å²) in [7, 11) is 0. The Morgan fingerprint density at radius 3 is 2.55 bits per heavy atom. The minimum Gasteiger partial charge on any atom is -0.368 e. The van der Waals surface area contributed by atoms with Crippen LogP contribution in [0.25, 0.3) is 5.69 Å². The SMILES string of the molecule is Nc1nc(Nc2cc(Cl)c(-n3ccccc3=O)c(Cl)c2)n[nH]1. The highest BCUT2D eigenvalue weighted by Gasteiger charge is 2.12. The number of benzene rings is 1. The van der Waals surface area contributed by atoms with E-state index in [0.717, 1.165) is 0 Å². The molecule has 0 radical (unpaired) electrons. The van der Waals surface area contributed by atoms with Crippen molar-refractivity contribution in [3.05, 3.63) is 56.9 Å². The van der Waals surface area contributed by atoms with E-state index >= 15 is 0 Å². The number of nitrogens with two attached hydrogens (primary N) is 1. The van der Waals surface area contributed by atoms with Crippen LogP contribution in [0.1, 0.15) is 0 Å². The molecule has 22 heavy (non-hydrogen) atoms. The second-order valence-electron chi connectivity index (χ2n) is 4.37. The van der Waals surface area contributed by atoms with Gasteiger partial charge in [-0.2, -0.15) is 4.98 Å². The van der Waals surface area contributed by atoms with Crippen molar-refractivity contribution in [2.45, 2.75) is 0 Å². The fourth-order valence-electron chi connectivity index (χ4n) is 1.94. The maximum atomic E-state index is 11.9. The molecule has 0 aliphatic heterocycles. The Kier molecular flexibility index (Phi) is 3.74. The predicted octanol–water partition coefficient (Wildman–Crippen LogP) is 2.59. The number of pyridine rings is 1. The van der Waals surface area contributed by atoms with Gasteiger partial charge in [-0.1, -0.05) is 29.3 Å². The van der Waals surface area contributed by atoms with Crippen LogP contribution in [0.15, 0.2) is 41.3 Å². The molecule has 4 N–H and O–H groups in total. The van der Waals surface area contributed by atoms with E-state index in [1.54, 1.807) is 30.5 Å². The van der Waals surface area contributed by atoms with Crippen LogP contribution in [0.4, 0.5) is 17.6 Å². The van der Waals surface area contributed by atoms with Gasteiger partial charge in [-0.05, 0) is 18.2 Å². The Bertz CT molecular complexity index is 865. The standard InChI is InChI=1S/C13H10Cl2N6O/c14-8-5-7(17-13-18-12(16)19-20-13)6-9(15)11(8)21-4-2-1-3-10(21)22/h1-6H,(H4,16,17,18,19,20). The van der Waals surface area contributed by atoms with Gasteiger partial charge in [-0.25, -0.2) is 5.10 Å². The average molecular weight is 337 g/mol. The van der Waals surface area contributed by atoms with E-state index in [1.807, 2.05) is 0 Å². The molecule has 2 heterocycles. The number of H-pyrrole nitrogens is 1. The summed E-state index contributed by atoms with van der Waals surface area (Å²) in [5.74, 6) is 0.474. The molecule has 0 amide bonds. The minimum atomic E-state index is -0.228. The van der Waals surface area contributed by atoms with Gasteiger partial charge < -0.3 is 11.1 Å². The number of halogens is 2. The van der Waals surface area contributed by atoms with E-state index < -0.39 is 0 Å². The molecule has 7 nitrogen and oxygen atoms in total. The molecule has 3 rings (SSSR count). The minimum absolute atomic E-state index is 0.187. The molecule has 0 saturated carbocycles. The monoisotopic (exact) mass is 336 g/mol. The third-order valence-corrected chi connectivity index (χ3v) is 3.42. The number of aromatic amines is 1. The van der Waals surface area contributed by atoms with E-state index in [2.05, 4.69) is 20.5 Å². The summed E-state index contributed by atoms with van der Waals surface area (Å²) >= 11 is 12.5. The summed E-state index contributed by atoms with van der Waals surface area (Å²) < 4.78 is 1.37. The molecule has 0 bridgehead atoms. The number of nitrogens with one attached hydrogen (secondary N) is 2. The molecular weight excluding hydrogens is 327 g/mol. The van der Waals surface area contributed by atoms with Crippen LogP contribution in [-0.4, -0.2) is 19.7 Å². The topological polar surface area (TPSA) is 102 Å². The summed E-state index contributed by atoms with van der Waals surface area (Å²) in [6, 6.07) is 8.03. The van der Waals surface area contributed by atoms with E-state index in [4.69, 9.17) is 28.9 Å². The Hall–Kier alpha value is -2.51. The summed E-state index contributed by atoms with van der Waals surface area (Å²) in [6.07, 6.45) is 1.60. The van der Waals surface area contributed by atoms with E-state index in [-0.39, 0.29) is 17.5 Å². The molecule has 0 spiro atoms. The van der Waals surface area contributed by atoms with Crippen LogP contribution in [0, 0.1) is 0 Å². The van der Waals surface area contributed by atoms with E-state index in [9.17, 15) is 4.79 Å². The zero-order valence-corrected chi connectivity index (χ0v) is 12.6.